The van der Waals surface area contributed by atoms with Crippen molar-refractivity contribution in [3.8, 4) is 11.5 Å². The molecule has 0 spiro atoms. The number of unbranched alkanes of at least 4 members (excludes halogenated alkanes) is 11. The number of nitrogens with zero attached hydrogens (tertiary/aromatic N) is 1. The van der Waals surface area contributed by atoms with E-state index in [1.54, 1.807) is 18.4 Å². The molecule has 41 heavy (non-hydrogen) atoms. The van der Waals surface area contributed by atoms with E-state index in [4.69, 9.17) is 9.47 Å². The number of halogens is 1. The third-order valence-electron chi connectivity index (χ3n) is 7.14. The third kappa shape index (κ3) is 13.3. The van der Waals surface area contributed by atoms with Crippen LogP contribution in [0, 0.1) is 6.92 Å². The van der Waals surface area contributed by atoms with E-state index in [-0.39, 0.29) is 23.0 Å². The number of hydrogen-bond donors (Lipinski definition) is 2. The number of aromatic nitrogens is 1. The first kappa shape index (κ1) is 34.6. The highest BCUT2D eigenvalue weighted by atomic mass is 79.9. The van der Waals surface area contributed by atoms with Crippen LogP contribution in [-0.2, 0) is 6.54 Å². The molecule has 3 aromatic rings. The Morgan fingerprint density at radius 1 is 0.854 bits per heavy atom. The van der Waals surface area contributed by atoms with Crippen LogP contribution in [-0.4, -0.2) is 19.7 Å². The Morgan fingerprint density at radius 3 is 2.07 bits per heavy atom. The number of nitrogens with one attached hydrogen (secondary N) is 2. The van der Waals surface area contributed by atoms with Gasteiger partial charge in [-0.3, -0.25) is 0 Å². The van der Waals surface area contributed by atoms with Crippen LogP contribution in [0.25, 0.3) is 0 Å². The van der Waals surface area contributed by atoms with Crippen LogP contribution in [0.2, 0.25) is 0 Å². The van der Waals surface area contributed by atoms with Crippen LogP contribution in [0.3, 0.4) is 0 Å². The SMILES string of the molecule is CCCCCCCCCCCCCCOc1cc(OC)ccc1NC(=O)Nc1ccc(C[n+]2ccsc2C)cc1.[Br-]. The number of amides is 2. The number of anilines is 2. The topological polar surface area (TPSA) is 63.5 Å². The summed E-state index contributed by atoms with van der Waals surface area (Å²) in [5, 5.41) is 9.20. The Bertz CT molecular complexity index is 1140. The van der Waals surface area contributed by atoms with Crippen molar-refractivity contribution in [1.29, 1.82) is 0 Å². The van der Waals surface area contributed by atoms with Gasteiger partial charge in [-0.05, 0) is 30.7 Å². The zero-order valence-corrected chi connectivity index (χ0v) is 27.5. The van der Waals surface area contributed by atoms with Crippen LogP contribution < -0.4 is 41.7 Å². The molecule has 2 aromatic carbocycles. The van der Waals surface area contributed by atoms with E-state index >= 15 is 0 Å². The maximum Gasteiger partial charge on any atom is 0.323 e. The number of thiazole rings is 1. The summed E-state index contributed by atoms with van der Waals surface area (Å²) in [6, 6.07) is 13.1. The Kier molecular flexibility index (Phi) is 17.2. The molecule has 0 aliphatic carbocycles. The number of carbonyl (C=O) groups is 1. The summed E-state index contributed by atoms with van der Waals surface area (Å²) in [7, 11) is 1.63. The lowest BCUT2D eigenvalue weighted by Crippen LogP contribution is -3.00. The standard InChI is InChI=1S/C33H47N3O3S.BrH/c1-4-5-6-7-8-9-10-11-12-13-14-15-23-39-32-25-30(38-3)20-21-31(32)35-33(37)34-29-18-16-28(17-19-29)26-36-22-24-40-27(36)2;/h16-22,24-25H,4-15,23,26H2,1-3H3,(H-,34,35,37);1H. The molecule has 0 saturated carbocycles. The smallest absolute Gasteiger partial charge is 0.323 e. The summed E-state index contributed by atoms with van der Waals surface area (Å²) < 4.78 is 13.7. The monoisotopic (exact) mass is 645 g/mol. The van der Waals surface area contributed by atoms with Crippen LogP contribution in [0.1, 0.15) is 94.5 Å². The molecule has 6 nitrogen and oxygen atoms in total. The molecule has 0 fully saturated rings. The highest BCUT2D eigenvalue weighted by Gasteiger charge is 2.12. The molecule has 0 aliphatic heterocycles. The lowest BCUT2D eigenvalue weighted by Gasteiger charge is -2.14. The van der Waals surface area contributed by atoms with Crippen molar-refractivity contribution in [3.63, 3.8) is 0 Å². The third-order valence-corrected chi connectivity index (χ3v) is 7.97. The Hall–Kier alpha value is -2.58. The minimum atomic E-state index is -0.309. The van der Waals surface area contributed by atoms with Gasteiger partial charge in [-0.25, -0.2) is 4.79 Å². The molecule has 3 rings (SSSR count). The largest absolute Gasteiger partial charge is 1.00 e. The maximum atomic E-state index is 12.8. The van der Waals surface area contributed by atoms with Gasteiger partial charge in [0, 0.05) is 24.2 Å². The fourth-order valence-electron chi connectivity index (χ4n) is 4.69. The molecule has 1 heterocycles. The number of carbonyl (C=O) groups excluding carboxylic acids is 1. The van der Waals surface area contributed by atoms with E-state index in [1.165, 1.54) is 74.8 Å². The molecule has 1 aromatic heterocycles. The first-order valence-corrected chi connectivity index (χ1v) is 15.9. The van der Waals surface area contributed by atoms with Crippen LogP contribution in [0.15, 0.2) is 54.0 Å². The second-order valence-electron chi connectivity index (χ2n) is 10.4. The molecule has 226 valence electrons. The Labute approximate surface area is 261 Å². The fraction of sp³-hybridized carbons (Fsp3) is 0.515. The number of hydrogen-bond acceptors (Lipinski definition) is 4. The van der Waals surface area contributed by atoms with Gasteiger partial charge < -0.3 is 37.1 Å². The quantitative estimate of drug-likeness (QED) is 0.122. The lowest BCUT2D eigenvalue weighted by molar-refractivity contribution is -0.689. The van der Waals surface area contributed by atoms with E-state index in [0.29, 0.717) is 23.8 Å². The second-order valence-corrected chi connectivity index (χ2v) is 11.5. The highest BCUT2D eigenvalue weighted by Crippen LogP contribution is 2.30. The number of aryl methyl sites for hydroxylation is 1. The van der Waals surface area contributed by atoms with Gasteiger partial charge in [0.25, 0.3) is 0 Å². The molecular formula is C33H48BrN3O3S. The predicted octanol–water partition coefficient (Wildman–Crippen LogP) is 6.13. The molecule has 0 saturated heterocycles. The normalized spacial score (nSPS) is 10.6. The summed E-state index contributed by atoms with van der Waals surface area (Å²) in [4.78, 5) is 12.8. The molecule has 2 N–H and O–H groups in total. The average molecular weight is 647 g/mol. The van der Waals surface area contributed by atoms with Crippen molar-refractivity contribution >= 4 is 28.7 Å². The zero-order valence-electron chi connectivity index (χ0n) is 25.1. The summed E-state index contributed by atoms with van der Waals surface area (Å²) in [5.74, 6) is 1.32. The van der Waals surface area contributed by atoms with Crippen molar-refractivity contribution in [3.05, 3.63) is 64.6 Å². The van der Waals surface area contributed by atoms with Crippen molar-refractivity contribution in [2.75, 3.05) is 24.4 Å². The Morgan fingerprint density at radius 2 is 1.49 bits per heavy atom. The van der Waals surface area contributed by atoms with Gasteiger partial charge in [-0.1, -0.05) is 101 Å². The van der Waals surface area contributed by atoms with Crippen LogP contribution in [0.5, 0.6) is 11.5 Å². The van der Waals surface area contributed by atoms with Crippen LogP contribution >= 0.6 is 11.3 Å². The molecular weight excluding hydrogens is 598 g/mol. The number of methoxy groups -OCH3 is 1. The molecule has 8 heteroatoms. The van der Waals surface area contributed by atoms with Crippen molar-refractivity contribution in [2.45, 2.75) is 97.4 Å². The molecule has 0 radical (unpaired) electrons. The first-order chi connectivity index (χ1) is 19.6. The van der Waals surface area contributed by atoms with Gasteiger partial charge in [-0.15, -0.1) is 0 Å². The van der Waals surface area contributed by atoms with E-state index in [0.717, 1.165) is 25.1 Å². The zero-order chi connectivity index (χ0) is 28.4. The average Bonchev–Trinajstić information content (AvgIpc) is 3.36. The van der Waals surface area contributed by atoms with Crippen molar-refractivity contribution < 1.29 is 35.8 Å². The summed E-state index contributed by atoms with van der Waals surface area (Å²) in [6.07, 6.45) is 17.8. The van der Waals surface area contributed by atoms with Gasteiger partial charge >= 0.3 is 6.03 Å². The molecule has 0 bridgehead atoms. The maximum absolute atomic E-state index is 12.8. The molecule has 2 amide bonds. The molecule has 0 unspecified atom stereocenters. The van der Waals surface area contributed by atoms with Gasteiger partial charge in [0.05, 0.1) is 24.8 Å². The minimum Gasteiger partial charge on any atom is -1.00 e. The number of benzene rings is 2. The summed E-state index contributed by atoms with van der Waals surface area (Å²) in [6.45, 7) is 5.81. The molecule has 0 aliphatic rings. The minimum absolute atomic E-state index is 0. The van der Waals surface area contributed by atoms with Gasteiger partial charge in [0.1, 0.15) is 11.5 Å². The van der Waals surface area contributed by atoms with Gasteiger partial charge in [0.2, 0.25) is 5.01 Å². The number of rotatable bonds is 19. The van der Waals surface area contributed by atoms with E-state index < -0.39 is 0 Å². The fourth-order valence-corrected chi connectivity index (χ4v) is 5.36. The van der Waals surface area contributed by atoms with Gasteiger partial charge in [-0.2, -0.15) is 4.57 Å². The van der Waals surface area contributed by atoms with E-state index in [2.05, 4.69) is 40.6 Å². The molecule has 0 atom stereocenters. The van der Waals surface area contributed by atoms with Gasteiger partial charge in [0.15, 0.2) is 12.7 Å². The second kappa shape index (κ2) is 20.3. The van der Waals surface area contributed by atoms with Crippen molar-refractivity contribution in [1.82, 2.24) is 0 Å². The summed E-state index contributed by atoms with van der Waals surface area (Å²) >= 11 is 1.73. The van der Waals surface area contributed by atoms with E-state index in [1.807, 2.05) is 42.5 Å². The van der Waals surface area contributed by atoms with Crippen LogP contribution in [0.4, 0.5) is 16.2 Å². The van der Waals surface area contributed by atoms with Crippen molar-refractivity contribution in [2.24, 2.45) is 0 Å². The highest BCUT2D eigenvalue weighted by molar-refractivity contribution is 7.09. The lowest BCUT2D eigenvalue weighted by atomic mass is 10.1. The summed E-state index contributed by atoms with van der Waals surface area (Å²) in [5.41, 5.74) is 2.54. The number of urea groups is 1. The van der Waals surface area contributed by atoms with E-state index in [9.17, 15) is 4.79 Å². The predicted molar refractivity (Wildman–Crippen MR) is 167 cm³/mol. The Balaban J connectivity index is 0.00000588. The first-order valence-electron chi connectivity index (χ1n) is 15.0. The number of ether oxygens (including phenoxy) is 2.